The minimum Gasteiger partial charge on any atom is -0.396 e. The van der Waals surface area contributed by atoms with E-state index in [2.05, 4.69) is 40.7 Å². The second kappa shape index (κ2) is 15.0. The van der Waals surface area contributed by atoms with Gasteiger partial charge in [-0.2, -0.15) is 0 Å². The van der Waals surface area contributed by atoms with Crippen LogP contribution >= 0.6 is 0 Å². The summed E-state index contributed by atoms with van der Waals surface area (Å²) in [5.41, 5.74) is 1.59. The summed E-state index contributed by atoms with van der Waals surface area (Å²) < 4.78 is 37.4. The number of hydrogen-bond acceptors (Lipinski definition) is 13. The maximum atomic E-state index is 11.3. The van der Waals surface area contributed by atoms with Gasteiger partial charge in [-0.1, -0.05) is 46.3 Å². The van der Waals surface area contributed by atoms with E-state index in [1.807, 2.05) is 0 Å². The second-order valence-corrected chi connectivity index (χ2v) is 19.7. The van der Waals surface area contributed by atoms with Crippen LogP contribution in [-0.2, 0) is 28.4 Å². The van der Waals surface area contributed by atoms with Crippen molar-refractivity contribution in [1.82, 2.24) is 0 Å². The molecule has 4 aliphatic carbocycles. The largest absolute Gasteiger partial charge is 0.396 e. The fraction of sp³-hybridized carbons (Fsp3) is 0.952. The molecule has 1 spiro atoms. The number of fused-ring (bicyclic) bond motifs is 7. The summed E-state index contributed by atoms with van der Waals surface area (Å²) in [6, 6.07) is 0. The van der Waals surface area contributed by atoms with E-state index >= 15 is 0 Å². The molecule has 4 aliphatic heterocycles. The first kappa shape index (κ1) is 41.0. The summed E-state index contributed by atoms with van der Waals surface area (Å²) in [5, 5.41) is 73.3. The van der Waals surface area contributed by atoms with Crippen LogP contribution in [0.25, 0.3) is 0 Å². The Balaban J connectivity index is 0.961. The Morgan fingerprint density at radius 3 is 2.22 bits per heavy atom. The minimum atomic E-state index is -1.62. The molecule has 314 valence electrons. The van der Waals surface area contributed by atoms with Gasteiger partial charge < -0.3 is 64.2 Å². The van der Waals surface area contributed by atoms with E-state index in [1.54, 1.807) is 0 Å². The van der Waals surface area contributed by atoms with Gasteiger partial charge in [-0.05, 0) is 98.2 Å². The van der Waals surface area contributed by atoms with Crippen LogP contribution in [0.3, 0.4) is 0 Å². The first-order chi connectivity index (χ1) is 26.1. The third kappa shape index (κ3) is 6.53. The van der Waals surface area contributed by atoms with Crippen molar-refractivity contribution >= 4 is 0 Å². The zero-order valence-electron chi connectivity index (χ0n) is 33.5. The quantitative estimate of drug-likeness (QED) is 0.186. The van der Waals surface area contributed by atoms with Crippen LogP contribution < -0.4 is 0 Å². The highest BCUT2D eigenvalue weighted by atomic mass is 16.7. The lowest BCUT2D eigenvalue weighted by Crippen LogP contribution is -2.64. The van der Waals surface area contributed by atoms with E-state index < -0.39 is 73.8 Å². The molecule has 22 atom stereocenters. The first-order valence-corrected chi connectivity index (χ1v) is 21.3. The van der Waals surface area contributed by atoms with Gasteiger partial charge in [-0.15, -0.1) is 0 Å². The number of rotatable bonds is 7. The van der Waals surface area contributed by atoms with Crippen LogP contribution in [0.4, 0.5) is 0 Å². The Morgan fingerprint density at radius 1 is 0.818 bits per heavy atom. The third-order valence-corrected chi connectivity index (χ3v) is 16.6. The molecular weight excluding hydrogens is 712 g/mol. The highest BCUT2D eigenvalue weighted by molar-refractivity contribution is 5.28. The van der Waals surface area contributed by atoms with Crippen LogP contribution in [0.5, 0.6) is 0 Å². The van der Waals surface area contributed by atoms with Gasteiger partial charge in [0.2, 0.25) is 0 Å². The summed E-state index contributed by atoms with van der Waals surface area (Å²) in [6.07, 6.45) is -3.38. The van der Waals surface area contributed by atoms with Crippen molar-refractivity contribution < 1.29 is 64.2 Å². The lowest BCUT2D eigenvalue weighted by Gasteiger charge is -2.61. The normalized spacial score (nSPS) is 56.5. The lowest BCUT2D eigenvalue weighted by molar-refractivity contribution is -0.360. The van der Waals surface area contributed by atoms with Crippen molar-refractivity contribution in [2.45, 2.75) is 172 Å². The number of aliphatic hydroxyl groups excluding tert-OH is 7. The molecule has 0 aromatic heterocycles. The van der Waals surface area contributed by atoms with Gasteiger partial charge >= 0.3 is 0 Å². The van der Waals surface area contributed by atoms with Crippen molar-refractivity contribution in [2.75, 3.05) is 19.8 Å². The van der Waals surface area contributed by atoms with E-state index in [1.165, 1.54) is 25.3 Å². The first-order valence-electron chi connectivity index (χ1n) is 21.3. The van der Waals surface area contributed by atoms with E-state index in [-0.39, 0.29) is 35.6 Å². The number of ether oxygens (including phenoxy) is 6. The molecule has 0 amide bonds. The standard InChI is InChI=1S/C42H68O13/c1-19(2)25-14-23-13-24(52-39-36(49)34(47)37(29(17-44)53-39)54-38-35(48)33(46)32(45)21(4)51-38)8-10-40(23,5)26-9-11-41(6)27(30(25)26)15-28-31(41)20(3)42(55-28)12-7-22(16-43)18-50-42/h14,19-22,24-39,43-49H,7-13,15-18H2,1-6H3/t20-,21+,22+,24-,25-,26-,27-,28-,29-,30+,31-,32+,33-,34+,35-,36-,37-,38+,39-,40-,41-,42-/m0/s1. The lowest BCUT2D eigenvalue weighted by atomic mass is 9.44. The topological polar surface area (TPSA) is 197 Å². The maximum Gasteiger partial charge on any atom is 0.187 e. The van der Waals surface area contributed by atoms with E-state index in [0.717, 1.165) is 32.1 Å². The van der Waals surface area contributed by atoms with Gasteiger partial charge in [0.25, 0.3) is 0 Å². The van der Waals surface area contributed by atoms with Crippen molar-refractivity contribution in [2.24, 2.45) is 58.2 Å². The summed E-state index contributed by atoms with van der Waals surface area (Å²) >= 11 is 0. The predicted octanol–water partition coefficient (Wildman–Crippen LogP) is 2.24. The Hall–Kier alpha value is -0.780. The van der Waals surface area contributed by atoms with Crippen molar-refractivity contribution in [3.63, 3.8) is 0 Å². The molecule has 13 heteroatoms. The van der Waals surface area contributed by atoms with Crippen LogP contribution in [0.2, 0.25) is 0 Å². The van der Waals surface area contributed by atoms with E-state index in [4.69, 9.17) is 28.4 Å². The average molecular weight is 781 g/mol. The average Bonchev–Trinajstić information content (AvgIpc) is 3.61. The van der Waals surface area contributed by atoms with Crippen molar-refractivity contribution in [3.8, 4) is 0 Å². The molecule has 55 heavy (non-hydrogen) atoms. The van der Waals surface area contributed by atoms with Gasteiger partial charge in [-0.25, -0.2) is 0 Å². The molecule has 0 aromatic carbocycles. The van der Waals surface area contributed by atoms with Gasteiger partial charge in [0.1, 0.15) is 42.7 Å². The molecule has 8 rings (SSSR count). The number of aliphatic hydroxyl groups is 7. The SMILES string of the molecule is CC(C)[C@@H]1C=C2C[C@@H](O[C@H]3O[C@@H](CO)[C@H](O[C@H]4O[C@H](C)[C@@H](O)[C@H](O)[C@@H]4O)[C@H](O)[C@@H]3O)CC[C@]2(C)[C@H]2CC[C@]3(C)[C@@H]4[C@H](C[C@H]3[C@H]12)O[C@@]1(CC[C@H](CO)CO1)[C@H]4C. The van der Waals surface area contributed by atoms with Crippen LogP contribution in [0.1, 0.15) is 92.9 Å². The molecule has 0 unspecified atom stereocenters. The van der Waals surface area contributed by atoms with Crippen molar-refractivity contribution in [1.29, 1.82) is 0 Å². The molecule has 4 heterocycles. The zero-order chi connectivity index (χ0) is 39.4. The minimum absolute atomic E-state index is 0.0165. The van der Waals surface area contributed by atoms with Crippen LogP contribution in [-0.4, -0.2) is 135 Å². The molecular formula is C42H68O13. The highest BCUT2D eigenvalue weighted by Gasteiger charge is 2.70. The number of hydrogen-bond donors (Lipinski definition) is 7. The third-order valence-electron chi connectivity index (χ3n) is 16.6. The summed E-state index contributed by atoms with van der Waals surface area (Å²) in [6.45, 7) is 13.8. The predicted molar refractivity (Wildman–Crippen MR) is 197 cm³/mol. The Morgan fingerprint density at radius 2 is 1.55 bits per heavy atom. The Labute approximate surface area is 325 Å². The zero-order valence-corrected chi connectivity index (χ0v) is 33.5. The Kier molecular flexibility index (Phi) is 11.2. The summed E-state index contributed by atoms with van der Waals surface area (Å²) in [7, 11) is 0. The molecule has 0 bridgehead atoms. The molecule has 7 fully saturated rings. The van der Waals surface area contributed by atoms with Crippen LogP contribution in [0.15, 0.2) is 11.6 Å². The molecule has 4 saturated heterocycles. The smallest absolute Gasteiger partial charge is 0.187 e. The fourth-order valence-corrected chi connectivity index (χ4v) is 13.4. The van der Waals surface area contributed by atoms with Gasteiger partial charge in [-0.3, -0.25) is 0 Å². The second-order valence-electron chi connectivity index (χ2n) is 19.7. The highest BCUT2D eigenvalue weighted by Crippen LogP contribution is 2.72. The maximum absolute atomic E-state index is 11.3. The molecule has 13 nitrogen and oxygen atoms in total. The van der Waals surface area contributed by atoms with Gasteiger partial charge in [0.15, 0.2) is 18.4 Å². The molecule has 0 radical (unpaired) electrons. The number of allylic oxidation sites excluding steroid dienone is 1. The monoisotopic (exact) mass is 780 g/mol. The summed E-state index contributed by atoms with van der Waals surface area (Å²) in [5.74, 6) is 2.93. The van der Waals surface area contributed by atoms with Crippen molar-refractivity contribution in [3.05, 3.63) is 11.6 Å². The Bertz CT molecular complexity index is 1400. The van der Waals surface area contributed by atoms with E-state index in [9.17, 15) is 35.7 Å². The van der Waals surface area contributed by atoms with Gasteiger partial charge in [0.05, 0.1) is 31.5 Å². The van der Waals surface area contributed by atoms with Crippen LogP contribution in [0, 0.1) is 58.2 Å². The van der Waals surface area contributed by atoms with Gasteiger partial charge in [0, 0.05) is 24.9 Å². The molecule has 8 aliphatic rings. The summed E-state index contributed by atoms with van der Waals surface area (Å²) in [4.78, 5) is 0. The molecule has 0 aromatic rings. The molecule has 3 saturated carbocycles. The van der Waals surface area contributed by atoms with E-state index in [0.29, 0.717) is 54.5 Å². The molecule has 7 N–H and O–H groups in total. The fourth-order valence-electron chi connectivity index (χ4n) is 13.4.